The molecule has 0 radical (unpaired) electrons. The van der Waals surface area contributed by atoms with Gasteiger partial charge < -0.3 is 24.5 Å². The van der Waals surface area contributed by atoms with E-state index in [4.69, 9.17) is 19.9 Å². The number of anilines is 1. The van der Waals surface area contributed by atoms with Crippen molar-refractivity contribution in [3.63, 3.8) is 0 Å². The average Bonchev–Trinajstić information content (AvgIpc) is 3.44. The van der Waals surface area contributed by atoms with Crippen LogP contribution in [0.25, 0.3) is 11.2 Å². The molecule has 2 saturated carbocycles. The number of hydrogen-bond acceptors (Lipinski definition) is 10. The summed E-state index contributed by atoms with van der Waals surface area (Å²) in [5.41, 5.74) is 4.26. The zero-order valence-corrected chi connectivity index (χ0v) is 30.2. The van der Waals surface area contributed by atoms with Crippen LogP contribution in [-0.2, 0) is 34.9 Å². The molecule has 0 aliphatic heterocycles. The highest BCUT2D eigenvalue weighted by Gasteiger charge is 2.44. The number of imidazole rings is 1. The first-order chi connectivity index (χ1) is 22.1. The second-order valence-electron chi connectivity index (χ2n) is 14.7. The number of nitrogen functional groups attached to an aromatic ring is 1. The predicted octanol–water partition coefficient (Wildman–Crippen LogP) is 5.72. The Morgan fingerprint density at radius 1 is 0.872 bits per heavy atom. The summed E-state index contributed by atoms with van der Waals surface area (Å²) in [5.74, 6) is -0.146. The van der Waals surface area contributed by atoms with Crippen molar-refractivity contribution in [2.24, 2.45) is 11.8 Å². The average molecular weight is 678 g/mol. The molecule has 0 spiro atoms. The lowest BCUT2D eigenvalue weighted by atomic mass is 9.86. The number of aromatic nitrogens is 4. The molecule has 0 amide bonds. The van der Waals surface area contributed by atoms with Crippen LogP contribution in [0.4, 0.5) is 5.82 Å². The van der Waals surface area contributed by atoms with Gasteiger partial charge in [0.2, 0.25) is 7.44 Å². The van der Waals surface area contributed by atoms with Crippen LogP contribution < -0.4 is 15.9 Å². The lowest BCUT2D eigenvalue weighted by Gasteiger charge is -2.37. The zero-order valence-electron chi connectivity index (χ0n) is 29.3. The number of ether oxygens (including phenoxy) is 3. The van der Waals surface area contributed by atoms with Gasteiger partial charge in [-0.05, 0) is 86.0 Å². The molecule has 0 saturated heterocycles. The first-order valence-electron chi connectivity index (χ1n) is 17.2. The Kier molecular flexibility index (Phi) is 12.5. The summed E-state index contributed by atoms with van der Waals surface area (Å²) in [5, 5.41) is 6.08. The van der Waals surface area contributed by atoms with Crippen LogP contribution in [0, 0.1) is 11.8 Å². The smallest absolute Gasteiger partial charge is 0.326 e. The Hall–Kier alpha value is -2.60. The number of nitrogens with zero attached hydrogens (tertiary/aromatic N) is 4. The number of hydrogen-bond donors (Lipinski definition) is 3. The minimum Gasteiger partial charge on any atom is -0.461 e. The molecule has 2 heterocycles. The van der Waals surface area contributed by atoms with Gasteiger partial charge in [0.1, 0.15) is 41.5 Å². The minimum atomic E-state index is -3.82. The minimum absolute atomic E-state index is 0.261. The second-order valence-corrected chi connectivity index (χ2v) is 16.8. The van der Waals surface area contributed by atoms with E-state index in [9.17, 15) is 14.2 Å². The lowest BCUT2D eigenvalue weighted by molar-refractivity contribution is -0.157. The molecule has 3 atom stereocenters. The van der Waals surface area contributed by atoms with E-state index in [-0.39, 0.29) is 24.4 Å². The van der Waals surface area contributed by atoms with Gasteiger partial charge in [-0.1, -0.05) is 38.5 Å². The van der Waals surface area contributed by atoms with Gasteiger partial charge in [0.15, 0.2) is 11.5 Å². The van der Waals surface area contributed by atoms with Gasteiger partial charge in [0, 0.05) is 0 Å². The number of nitrogens with two attached hydrogens (primary N) is 1. The number of fused-ring (bicyclic) bond motifs is 1. The summed E-state index contributed by atoms with van der Waals surface area (Å²) < 4.78 is 34.6. The SMILES string of the molecule is C[C@H](Cn1cnc2c(N)ncnc21)OCP(=O)(NC(C)(C)C(=O)O[C@H](C)C1CCCCC1)NC(C)(C)C(=O)O[C@H](C)C1CCCCC1. The molecule has 264 valence electrons. The Morgan fingerprint density at radius 2 is 1.36 bits per heavy atom. The first kappa shape index (κ1) is 37.2. The lowest BCUT2D eigenvalue weighted by Crippen LogP contribution is -2.55. The zero-order chi connectivity index (χ0) is 34.4. The van der Waals surface area contributed by atoms with Crippen molar-refractivity contribution < 1.29 is 28.4 Å². The van der Waals surface area contributed by atoms with Crippen LogP contribution in [0.3, 0.4) is 0 Å². The molecule has 13 nitrogen and oxygen atoms in total. The highest BCUT2D eigenvalue weighted by molar-refractivity contribution is 7.59. The van der Waals surface area contributed by atoms with E-state index in [1.165, 1.54) is 19.2 Å². The number of rotatable bonds is 15. The third-order valence-electron chi connectivity index (χ3n) is 9.58. The predicted molar refractivity (Wildman–Crippen MR) is 181 cm³/mol. The topological polar surface area (TPSA) is 173 Å². The summed E-state index contributed by atoms with van der Waals surface area (Å²) in [6.45, 7) is 12.6. The Labute approximate surface area is 279 Å². The Bertz CT molecular complexity index is 1350. The number of esters is 2. The normalized spacial score (nSPS) is 19.3. The molecule has 2 aliphatic carbocycles. The van der Waals surface area contributed by atoms with Gasteiger partial charge >= 0.3 is 11.9 Å². The van der Waals surface area contributed by atoms with Gasteiger partial charge in [0.25, 0.3) is 0 Å². The van der Waals surface area contributed by atoms with Gasteiger partial charge in [0.05, 0.1) is 19.0 Å². The summed E-state index contributed by atoms with van der Waals surface area (Å²) in [7, 11) is -3.82. The van der Waals surface area contributed by atoms with Crippen LogP contribution in [0.1, 0.15) is 113 Å². The van der Waals surface area contributed by atoms with E-state index in [1.54, 1.807) is 38.6 Å². The van der Waals surface area contributed by atoms with Crippen LogP contribution in [-0.4, -0.2) is 67.2 Å². The molecule has 2 aliphatic rings. The van der Waals surface area contributed by atoms with E-state index in [1.807, 2.05) is 20.8 Å². The van der Waals surface area contributed by atoms with Crippen molar-refractivity contribution in [1.82, 2.24) is 29.7 Å². The van der Waals surface area contributed by atoms with Crippen LogP contribution in [0.15, 0.2) is 12.7 Å². The highest BCUT2D eigenvalue weighted by Crippen LogP contribution is 2.43. The van der Waals surface area contributed by atoms with E-state index < -0.39 is 36.6 Å². The quantitative estimate of drug-likeness (QED) is 0.155. The summed E-state index contributed by atoms with van der Waals surface area (Å²) in [4.78, 5) is 39.6. The van der Waals surface area contributed by atoms with Crippen LogP contribution in [0.2, 0.25) is 0 Å². The van der Waals surface area contributed by atoms with Gasteiger partial charge in [-0.3, -0.25) is 14.2 Å². The van der Waals surface area contributed by atoms with E-state index in [2.05, 4.69) is 25.1 Å². The summed E-state index contributed by atoms with van der Waals surface area (Å²) in [6, 6.07) is 0. The maximum absolute atomic E-state index is 14.8. The molecule has 0 aromatic carbocycles. The number of nitrogens with one attached hydrogen (secondary N) is 2. The van der Waals surface area contributed by atoms with Crippen molar-refractivity contribution in [3.05, 3.63) is 12.7 Å². The van der Waals surface area contributed by atoms with E-state index >= 15 is 0 Å². The maximum atomic E-state index is 14.8. The first-order valence-corrected chi connectivity index (χ1v) is 19.1. The number of carbonyl (C=O) groups is 2. The molecule has 2 aromatic rings. The van der Waals surface area contributed by atoms with Crippen LogP contribution >= 0.6 is 7.44 Å². The monoisotopic (exact) mass is 677 g/mol. The molecule has 4 N–H and O–H groups in total. The van der Waals surface area contributed by atoms with Crippen molar-refractivity contribution in [1.29, 1.82) is 0 Å². The van der Waals surface area contributed by atoms with Crippen molar-refractivity contribution in [2.45, 2.75) is 149 Å². The van der Waals surface area contributed by atoms with Crippen molar-refractivity contribution in [2.75, 3.05) is 12.1 Å². The largest absolute Gasteiger partial charge is 0.461 e. The molecule has 4 rings (SSSR count). The van der Waals surface area contributed by atoms with Gasteiger partial charge in [-0.25, -0.2) is 25.1 Å². The fraction of sp³-hybridized carbons (Fsp3) is 0.788. The molecule has 2 fully saturated rings. The molecular formula is C33H56N7O6P. The van der Waals surface area contributed by atoms with Gasteiger partial charge in [-0.15, -0.1) is 0 Å². The molecule has 0 unspecified atom stereocenters. The fourth-order valence-electron chi connectivity index (χ4n) is 6.71. The third-order valence-corrected chi connectivity index (χ3v) is 11.9. The van der Waals surface area contributed by atoms with Crippen LogP contribution in [0.5, 0.6) is 0 Å². The van der Waals surface area contributed by atoms with Crippen molar-refractivity contribution >= 4 is 36.4 Å². The van der Waals surface area contributed by atoms with E-state index in [0.29, 0.717) is 29.5 Å². The Balaban J connectivity index is 1.48. The molecule has 2 aromatic heterocycles. The highest BCUT2D eigenvalue weighted by atomic mass is 31.2. The Morgan fingerprint density at radius 3 is 1.85 bits per heavy atom. The van der Waals surface area contributed by atoms with Crippen molar-refractivity contribution in [3.8, 4) is 0 Å². The third kappa shape index (κ3) is 9.96. The molecule has 47 heavy (non-hydrogen) atoms. The standard InChI is InChI=1S/C33H56N7O6P/c1-22(18-40-20-37-27-28(34)35-19-36-29(27)40)44-21-47(43,38-32(4,5)30(41)45-23(2)25-14-10-8-11-15-25)39-33(6,7)31(42)46-24(3)26-16-12-9-13-17-26/h19-20,22-26H,8-18,21H2,1-7H3,(H2,34,35,36)(H2,38,39,43)/t22-,23-,24-/m1/s1. The van der Waals surface area contributed by atoms with E-state index in [0.717, 1.165) is 51.4 Å². The number of carbonyl (C=O) groups excluding carboxylic acids is 2. The fourth-order valence-corrected chi connectivity index (χ4v) is 9.35. The molecule has 0 bridgehead atoms. The maximum Gasteiger partial charge on any atom is 0.326 e. The molecule has 14 heteroatoms. The summed E-state index contributed by atoms with van der Waals surface area (Å²) >= 11 is 0. The summed E-state index contributed by atoms with van der Waals surface area (Å²) in [6.07, 6.45) is 12.7. The molecular weight excluding hydrogens is 621 g/mol. The second kappa shape index (κ2) is 15.7. The van der Waals surface area contributed by atoms with Gasteiger partial charge in [-0.2, -0.15) is 0 Å².